The Kier molecular flexibility index (Phi) is 4.57. The van der Waals surface area contributed by atoms with E-state index in [1.54, 1.807) is 16.0 Å². The van der Waals surface area contributed by atoms with Crippen LogP contribution in [0.4, 0.5) is 0 Å². The van der Waals surface area contributed by atoms with Crippen LogP contribution in [0.3, 0.4) is 0 Å². The highest BCUT2D eigenvalue weighted by Gasteiger charge is 2.19. The molecule has 0 aliphatic carbocycles. The van der Waals surface area contributed by atoms with E-state index in [-0.39, 0.29) is 5.91 Å². The molecule has 4 heterocycles. The lowest BCUT2D eigenvalue weighted by Crippen LogP contribution is -2.29. The van der Waals surface area contributed by atoms with Gasteiger partial charge in [0.2, 0.25) is 0 Å². The monoisotopic (exact) mass is 367 g/mol. The van der Waals surface area contributed by atoms with Gasteiger partial charge >= 0.3 is 0 Å². The van der Waals surface area contributed by atoms with Crippen LogP contribution in [0, 0.1) is 6.92 Å². The molecule has 2 N–H and O–H groups in total. The Morgan fingerprint density at radius 3 is 3.08 bits per heavy atom. The van der Waals surface area contributed by atoms with Gasteiger partial charge in [0.05, 0.1) is 27.2 Å². The maximum atomic E-state index is 13.0. The highest BCUT2D eigenvalue weighted by atomic mass is 32.1. The number of nitrogens with one attached hydrogen (secondary N) is 2. The van der Waals surface area contributed by atoms with Crippen LogP contribution in [0.25, 0.3) is 21.6 Å². The van der Waals surface area contributed by atoms with Gasteiger partial charge in [0, 0.05) is 20.1 Å². The van der Waals surface area contributed by atoms with Crippen LogP contribution in [0.1, 0.15) is 22.5 Å². The lowest BCUT2D eigenvalue weighted by molar-refractivity contribution is 0.0958. The molecular weight excluding hydrogens is 346 g/mol. The summed E-state index contributed by atoms with van der Waals surface area (Å²) in [7, 11) is 1.86. The van der Waals surface area contributed by atoms with Crippen LogP contribution in [-0.4, -0.2) is 40.3 Å². The second kappa shape index (κ2) is 7.01. The Bertz CT molecular complexity index is 987. The molecule has 1 aliphatic rings. The van der Waals surface area contributed by atoms with E-state index in [9.17, 15) is 4.79 Å². The van der Waals surface area contributed by atoms with E-state index < -0.39 is 0 Å². The number of hydrogen-bond acceptors (Lipinski definition) is 5. The third-order valence-electron chi connectivity index (χ3n) is 4.62. The number of carbonyl (C=O) groups is 1. The van der Waals surface area contributed by atoms with Crippen molar-refractivity contribution in [2.24, 2.45) is 7.05 Å². The molecule has 0 atom stereocenters. The fourth-order valence-electron chi connectivity index (χ4n) is 3.29. The Labute approximate surface area is 155 Å². The van der Waals surface area contributed by atoms with Gasteiger partial charge in [0.15, 0.2) is 5.65 Å². The van der Waals surface area contributed by atoms with Gasteiger partial charge in [0.1, 0.15) is 0 Å². The molecule has 0 saturated heterocycles. The first-order valence-corrected chi connectivity index (χ1v) is 9.56. The van der Waals surface area contributed by atoms with Crippen LogP contribution in [0.15, 0.2) is 35.2 Å². The van der Waals surface area contributed by atoms with Crippen molar-refractivity contribution in [1.29, 1.82) is 0 Å². The zero-order valence-electron chi connectivity index (χ0n) is 14.9. The summed E-state index contributed by atoms with van der Waals surface area (Å²) in [6.45, 7) is 4.33. The molecule has 1 aliphatic heterocycles. The van der Waals surface area contributed by atoms with Crippen LogP contribution in [0.5, 0.6) is 0 Å². The number of aromatic nitrogens is 3. The Morgan fingerprint density at radius 2 is 2.35 bits per heavy atom. The molecule has 0 bridgehead atoms. The summed E-state index contributed by atoms with van der Waals surface area (Å²) in [4.78, 5) is 18.8. The normalized spacial score (nSPS) is 14.5. The smallest absolute Gasteiger partial charge is 0.252 e. The summed E-state index contributed by atoms with van der Waals surface area (Å²) in [5.41, 5.74) is 4.27. The van der Waals surface area contributed by atoms with E-state index >= 15 is 0 Å². The van der Waals surface area contributed by atoms with Crippen molar-refractivity contribution in [3.8, 4) is 10.6 Å². The minimum Gasteiger partial charge on any atom is -0.348 e. The van der Waals surface area contributed by atoms with E-state index in [2.05, 4.69) is 21.8 Å². The van der Waals surface area contributed by atoms with Crippen molar-refractivity contribution < 1.29 is 4.79 Å². The minimum atomic E-state index is -0.0780. The number of nitrogens with zero attached hydrogens (tertiary/aromatic N) is 3. The predicted molar refractivity (Wildman–Crippen MR) is 104 cm³/mol. The van der Waals surface area contributed by atoms with E-state index in [1.807, 2.05) is 37.6 Å². The number of fused-ring (bicyclic) bond motifs is 1. The summed E-state index contributed by atoms with van der Waals surface area (Å²) in [5, 5.41) is 13.7. The number of aryl methyl sites for hydroxylation is 2. The first kappa shape index (κ1) is 16.9. The van der Waals surface area contributed by atoms with Gasteiger partial charge in [-0.05, 0) is 37.4 Å². The molecule has 0 unspecified atom stereocenters. The molecule has 4 rings (SSSR count). The van der Waals surface area contributed by atoms with Gasteiger partial charge in [-0.3, -0.25) is 9.48 Å². The van der Waals surface area contributed by atoms with Crippen LogP contribution >= 0.6 is 11.3 Å². The van der Waals surface area contributed by atoms with Crippen molar-refractivity contribution in [1.82, 2.24) is 25.4 Å². The largest absolute Gasteiger partial charge is 0.348 e. The second-order valence-electron chi connectivity index (χ2n) is 6.44. The van der Waals surface area contributed by atoms with Gasteiger partial charge in [-0.1, -0.05) is 17.7 Å². The Balaban J connectivity index is 1.72. The second-order valence-corrected chi connectivity index (χ2v) is 7.39. The average molecular weight is 367 g/mol. The molecule has 0 aromatic carbocycles. The van der Waals surface area contributed by atoms with Gasteiger partial charge in [-0.15, -0.1) is 11.3 Å². The predicted octanol–water partition coefficient (Wildman–Crippen LogP) is 2.65. The highest BCUT2D eigenvalue weighted by Crippen LogP contribution is 2.29. The summed E-state index contributed by atoms with van der Waals surface area (Å²) < 4.78 is 1.74. The quantitative estimate of drug-likeness (QED) is 0.696. The summed E-state index contributed by atoms with van der Waals surface area (Å²) in [5.74, 6) is -0.0780. The molecule has 1 amide bonds. The number of pyridine rings is 1. The molecule has 0 saturated carbocycles. The molecule has 0 fully saturated rings. The fraction of sp³-hybridized carbons (Fsp3) is 0.316. The maximum Gasteiger partial charge on any atom is 0.252 e. The SMILES string of the molecule is Cc1nn(C)c2nc(-c3cccs3)cc(C(=O)NCC3=CCNCC3)c12. The van der Waals surface area contributed by atoms with Gasteiger partial charge in [0.25, 0.3) is 5.91 Å². The maximum absolute atomic E-state index is 13.0. The van der Waals surface area contributed by atoms with Crippen molar-refractivity contribution in [3.05, 3.63) is 46.5 Å². The first-order chi connectivity index (χ1) is 12.6. The Hall–Kier alpha value is -2.51. The van der Waals surface area contributed by atoms with Gasteiger partial charge in [-0.25, -0.2) is 4.98 Å². The lowest BCUT2D eigenvalue weighted by Gasteiger charge is -2.15. The van der Waals surface area contributed by atoms with Crippen molar-refractivity contribution in [2.75, 3.05) is 19.6 Å². The van der Waals surface area contributed by atoms with Crippen LogP contribution < -0.4 is 10.6 Å². The van der Waals surface area contributed by atoms with Crippen LogP contribution in [0.2, 0.25) is 0 Å². The van der Waals surface area contributed by atoms with Crippen molar-refractivity contribution in [3.63, 3.8) is 0 Å². The molecule has 7 heteroatoms. The topological polar surface area (TPSA) is 71.8 Å². The third kappa shape index (κ3) is 3.15. The molecule has 6 nitrogen and oxygen atoms in total. The molecular formula is C19H21N5OS. The molecule has 3 aromatic rings. The first-order valence-electron chi connectivity index (χ1n) is 8.68. The average Bonchev–Trinajstić information content (AvgIpc) is 3.29. The van der Waals surface area contributed by atoms with E-state index in [0.717, 1.165) is 46.8 Å². The number of hydrogen-bond donors (Lipinski definition) is 2. The lowest BCUT2D eigenvalue weighted by atomic mass is 10.1. The number of thiophene rings is 1. The van der Waals surface area contributed by atoms with Crippen molar-refractivity contribution >= 4 is 28.3 Å². The summed E-state index contributed by atoms with van der Waals surface area (Å²) in [6.07, 6.45) is 3.12. The van der Waals surface area contributed by atoms with Crippen LogP contribution in [-0.2, 0) is 7.05 Å². The molecule has 0 radical (unpaired) electrons. The number of rotatable bonds is 4. The van der Waals surface area contributed by atoms with E-state index in [1.165, 1.54) is 5.57 Å². The molecule has 0 spiro atoms. The fourth-order valence-corrected chi connectivity index (χ4v) is 3.98. The van der Waals surface area contributed by atoms with Gasteiger partial charge < -0.3 is 10.6 Å². The molecule has 26 heavy (non-hydrogen) atoms. The molecule has 3 aromatic heterocycles. The summed E-state index contributed by atoms with van der Waals surface area (Å²) in [6, 6.07) is 5.89. The number of carbonyl (C=O) groups excluding carboxylic acids is 1. The van der Waals surface area contributed by atoms with Gasteiger partial charge in [-0.2, -0.15) is 5.10 Å². The standard InChI is InChI=1S/C19H21N5OS/c1-12-17-14(19(25)21-11-13-5-7-20-8-6-13)10-15(16-4-3-9-26-16)22-18(17)24(2)23-12/h3-5,9-10,20H,6-8,11H2,1-2H3,(H,21,25). The third-order valence-corrected chi connectivity index (χ3v) is 5.51. The highest BCUT2D eigenvalue weighted by molar-refractivity contribution is 7.13. The number of amides is 1. The minimum absolute atomic E-state index is 0.0780. The molecule has 134 valence electrons. The van der Waals surface area contributed by atoms with Crippen molar-refractivity contribution in [2.45, 2.75) is 13.3 Å². The van der Waals surface area contributed by atoms with E-state index in [4.69, 9.17) is 4.98 Å². The zero-order valence-corrected chi connectivity index (χ0v) is 15.7. The zero-order chi connectivity index (χ0) is 18.1. The Morgan fingerprint density at radius 1 is 1.46 bits per heavy atom. The summed E-state index contributed by atoms with van der Waals surface area (Å²) >= 11 is 1.61. The van der Waals surface area contributed by atoms with E-state index in [0.29, 0.717) is 12.1 Å².